The summed E-state index contributed by atoms with van der Waals surface area (Å²) in [5.74, 6) is 2.53. The van der Waals surface area contributed by atoms with Gasteiger partial charge in [0, 0.05) is 51.8 Å². The van der Waals surface area contributed by atoms with E-state index in [1.807, 2.05) is 6.20 Å². The van der Waals surface area contributed by atoms with E-state index in [2.05, 4.69) is 274 Å². The molecule has 0 fully saturated rings. The molecular weight excluding hydrogens is 901 g/mol. The van der Waals surface area contributed by atoms with Crippen molar-refractivity contribution in [3.8, 4) is 50.7 Å². The van der Waals surface area contributed by atoms with E-state index in [-0.39, 0.29) is 16.7 Å². The molecule has 2 aliphatic rings. The predicted octanol–water partition coefficient (Wildman–Crippen LogP) is 18.3. The van der Waals surface area contributed by atoms with Gasteiger partial charge in [-0.05, 0) is 128 Å². The first-order valence-corrected chi connectivity index (χ1v) is 25.9. The highest BCUT2D eigenvalue weighted by atomic mass is 16.5. The van der Waals surface area contributed by atoms with Crippen LogP contribution in [0.3, 0.4) is 0 Å². The molecule has 0 amide bonds. The molecule has 0 spiro atoms. The number of rotatable bonds is 8. The summed E-state index contributed by atoms with van der Waals surface area (Å²) in [6, 6.07) is 79.5. The quantitative estimate of drug-likeness (QED) is 0.152. The summed E-state index contributed by atoms with van der Waals surface area (Å²) in [5, 5.41) is 2.32. The van der Waals surface area contributed by atoms with E-state index in [0.717, 1.165) is 50.8 Å². The zero-order valence-corrected chi connectivity index (χ0v) is 42.8. The number of para-hydroxylation sites is 3. The Morgan fingerprint density at radius 2 is 1.00 bits per heavy atom. The molecule has 13 rings (SSSR count). The average molecular weight is 959 g/mol. The van der Waals surface area contributed by atoms with Crippen molar-refractivity contribution in [2.24, 2.45) is 0 Å². The van der Waals surface area contributed by atoms with Crippen LogP contribution < -0.4 is 14.5 Å². The number of aromatic nitrogens is 2. The normalized spacial score (nSPS) is 13.4. The highest BCUT2D eigenvalue weighted by molar-refractivity contribution is 6.09. The fourth-order valence-electron chi connectivity index (χ4n) is 11.5. The van der Waals surface area contributed by atoms with Crippen LogP contribution in [0.25, 0.3) is 61.0 Å². The first-order valence-electron chi connectivity index (χ1n) is 25.9. The van der Waals surface area contributed by atoms with Gasteiger partial charge in [-0.25, -0.2) is 4.98 Å². The molecule has 0 saturated carbocycles. The Morgan fingerprint density at radius 1 is 0.446 bits per heavy atom. The number of benzene rings is 9. The molecule has 9 aromatic carbocycles. The largest absolute Gasteiger partial charge is 0.457 e. The molecule has 5 nitrogen and oxygen atoms in total. The first-order chi connectivity index (χ1) is 36.0. The van der Waals surface area contributed by atoms with Crippen molar-refractivity contribution in [2.45, 2.75) is 58.3 Å². The van der Waals surface area contributed by atoms with Crippen LogP contribution in [-0.4, -0.2) is 16.2 Å². The number of pyridine rings is 1. The number of anilines is 4. The predicted molar refractivity (Wildman–Crippen MR) is 308 cm³/mol. The molecule has 0 atom stereocenters. The maximum absolute atomic E-state index is 7.12. The zero-order valence-electron chi connectivity index (χ0n) is 42.8. The van der Waals surface area contributed by atoms with Crippen LogP contribution >= 0.6 is 0 Å². The molecule has 5 heteroatoms. The lowest BCUT2D eigenvalue weighted by molar-refractivity contribution is 0.479. The van der Waals surface area contributed by atoms with Crippen molar-refractivity contribution >= 4 is 44.6 Å². The minimum atomic E-state index is -0.162. The van der Waals surface area contributed by atoms with Gasteiger partial charge in [0.1, 0.15) is 24.0 Å². The third kappa shape index (κ3) is 7.74. The molecule has 0 bridgehead atoms. The van der Waals surface area contributed by atoms with Crippen molar-refractivity contribution < 1.29 is 4.74 Å². The summed E-state index contributed by atoms with van der Waals surface area (Å²) in [4.78, 5) is 10.1. The summed E-state index contributed by atoms with van der Waals surface area (Å²) >= 11 is 0. The molecule has 360 valence electrons. The summed E-state index contributed by atoms with van der Waals surface area (Å²) in [7, 11) is 0. The second-order valence-corrected chi connectivity index (χ2v) is 22.0. The third-order valence-corrected chi connectivity index (χ3v) is 15.3. The lowest BCUT2D eigenvalue weighted by Crippen LogP contribution is -2.26. The molecular formula is C69H58N4O. The molecule has 0 unspecified atom stereocenters. The zero-order chi connectivity index (χ0) is 50.3. The Morgan fingerprint density at radius 3 is 1.65 bits per heavy atom. The van der Waals surface area contributed by atoms with Crippen LogP contribution in [0.15, 0.2) is 225 Å². The highest BCUT2D eigenvalue weighted by Crippen LogP contribution is 2.53. The lowest BCUT2D eigenvalue weighted by atomic mass is 9.82. The van der Waals surface area contributed by atoms with Crippen molar-refractivity contribution in [1.82, 2.24) is 9.55 Å². The van der Waals surface area contributed by atoms with Gasteiger partial charge in [-0.2, -0.15) is 0 Å². The number of hydrogen-bond donors (Lipinski definition) is 0. The van der Waals surface area contributed by atoms with Gasteiger partial charge in [-0.3, -0.25) is 4.57 Å². The molecule has 0 N–H and O–H groups in total. The Labute approximate surface area is 434 Å². The van der Waals surface area contributed by atoms with Gasteiger partial charge < -0.3 is 14.5 Å². The Bertz CT molecular complexity index is 3850. The van der Waals surface area contributed by atoms with Crippen LogP contribution in [0.4, 0.5) is 22.7 Å². The maximum Gasteiger partial charge on any atom is 0.137 e. The van der Waals surface area contributed by atoms with Gasteiger partial charge in [-0.15, -0.1) is 0 Å². The SMILES string of the molecule is CC(C)(C)c1cc(Oc2ccc3c4ccccc4n(-c4cc(C5c6ccccc6-c6ccccc65)ccn4)c3c2)cc(N2CN(c3c(-c4ccccc4)cc(C(C)(C)C)cc3-c3ccccc3)c3ccccc32)c1. The van der Waals surface area contributed by atoms with Crippen LogP contribution in [-0.2, 0) is 10.8 Å². The fourth-order valence-corrected chi connectivity index (χ4v) is 11.5. The van der Waals surface area contributed by atoms with Crippen molar-refractivity contribution in [3.05, 3.63) is 252 Å². The molecule has 0 saturated heterocycles. The van der Waals surface area contributed by atoms with E-state index < -0.39 is 0 Å². The monoisotopic (exact) mass is 958 g/mol. The number of ether oxygens (including phenoxy) is 1. The van der Waals surface area contributed by atoms with Gasteiger partial charge in [0.25, 0.3) is 0 Å². The van der Waals surface area contributed by atoms with E-state index in [4.69, 9.17) is 9.72 Å². The van der Waals surface area contributed by atoms with E-state index in [1.165, 1.54) is 72.3 Å². The summed E-state index contributed by atoms with van der Waals surface area (Å²) in [6.07, 6.45) is 1.97. The highest BCUT2D eigenvalue weighted by Gasteiger charge is 2.34. The van der Waals surface area contributed by atoms with Gasteiger partial charge in [0.05, 0.1) is 28.1 Å². The van der Waals surface area contributed by atoms with Crippen LogP contribution in [0, 0.1) is 0 Å². The Balaban J connectivity index is 0.916. The van der Waals surface area contributed by atoms with Crippen LogP contribution in [0.5, 0.6) is 11.5 Å². The molecule has 2 aromatic heterocycles. The molecule has 74 heavy (non-hydrogen) atoms. The van der Waals surface area contributed by atoms with Crippen molar-refractivity contribution in [1.29, 1.82) is 0 Å². The minimum Gasteiger partial charge on any atom is -0.457 e. The molecule has 3 heterocycles. The van der Waals surface area contributed by atoms with Crippen molar-refractivity contribution in [2.75, 3.05) is 16.5 Å². The standard InChI is InChI=1S/C69H58N4O/c1-68(2,3)48-38-50(71-44-72(63-32-20-19-31-62(63)71)67-59(45-21-9-7-10-22-45)40-49(69(4,5)6)41-60(67)46-23-11-8-12-24-46)42-52(39-48)74-51-33-34-56-55-27-17-18-30-61(55)73(64(56)43-51)65-37-47(35-36-70-65)66-57-28-15-13-25-53(57)54-26-14-16-29-58(54)66/h7-43,66H,44H2,1-6H3. The van der Waals surface area contributed by atoms with E-state index >= 15 is 0 Å². The van der Waals surface area contributed by atoms with Crippen LogP contribution in [0.1, 0.15) is 75.3 Å². The third-order valence-electron chi connectivity index (χ3n) is 15.3. The summed E-state index contributed by atoms with van der Waals surface area (Å²) in [5.41, 5.74) is 20.3. The molecule has 1 aliphatic carbocycles. The number of fused-ring (bicyclic) bond motifs is 7. The Kier molecular flexibility index (Phi) is 10.7. The second kappa shape index (κ2) is 17.5. The fraction of sp³-hybridized carbons (Fsp3) is 0.145. The topological polar surface area (TPSA) is 33.5 Å². The van der Waals surface area contributed by atoms with Crippen LogP contribution in [0.2, 0.25) is 0 Å². The van der Waals surface area contributed by atoms with Crippen molar-refractivity contribution in [3.63, 3.8) is 0 Å². The smallest absolute Gasteiger partial charge is 0.137 e. The van der Waals surface area contributed by atoms with Gasteiger partial charge in [-0.1, -0.05) is 181 Å². The maximum atomic E-state index is 7.12. The first kappa shape index (κ1) is 45.2. The lowest BCUT2D eigenvalue weighted by Gasteiger charge is -2.30. The minimum absolute atomic E-state index is 0.0660. The van der Waals surface area contributed by atoms with E-state index in [0.29, 0.717) is 6.67 Å². The Hall–Kier alpha value is -8.67. The van der Waals surface area contributed by atoms with E-state index in [9.17, 15) is 0 Å². The second-order valence-electron chi connectivity index (χ2n) is 22.0. The number of nitrogens with zero attached hydrogens (tertiary/aromatic N) is 4. The average Bonchev–Trinajstić information content (AvgIpc) is 4.09. The summed E-state index contributed by atoms with van der Waals surface area (Å²) < 4.78 is 9.42. The van der Waals surface area contributed by atoms with Gasteiger partial charge in [0.2, 0.25) is 0 Å². The molecule has 11 aromatic rings. The summed E-state index contributed by atoms with van der Waals surface area (Å²) in [6.45, 7) is 14.4. The molecule has 1 aliphatic heterocycles. The van der Waals surface area contributed by atoms with Gasteiger partial charge in [0.15, 0.2) is 0 Å². The molecule has 0 radical (unpaired) electrons. The number of hydrogen-bond acceptors (Lipinski definition) is 4. The van der Waals surface area contributed by atoms with E-state index in [1.54, 1.807) is 0 Å². The van der Waals surface area contributed by atoms with Gasteiger partial charge >= 0.3 is 0 Å².